The molecule has 1 saturated heterocycles. The summed E-state index contributed by atoms with van der Waals surface area (Å²) in [6.45, 7) is 9.89. The van der Waals surface area contributed by atoms with Crippen LogP contribution in [-0.4, -0.2) is 63.9 Å². The molecule has 2 aromatic rings. The molecule has 0 amide bonds. The number of carbonyl (C=O) groups is 3. The van der Waals surface area contributed by atoms with Gasteiger partial charge in [-0.1, -0.05) is 81.8 Å². The summed E-state index contributed by atoms with van der Waals surface area (Å²) in [5.74, 6) is -3.20. The normalized spacial score (nSPS) is 15.3. The average molecular weight is 554 g/mol. The Morgan fingerprint density at radius 1 is 0.850 bits per heavy atom. The lowest BCUT2D eigenvalue weighted by atomic mass is 9.86. The summed E-state index contributed by atoms with van der Waals surface area (Å²) in [7, 11) is 0. The van der Waals surface area contributed by atoms with Gasteiger partial charge < -0.3 is 25.0 Å². The quantitative estimate of drug-likeness (QED) is 0.219. The van der Waals surface area contributed by atoms with Crippen LogP contribution >= 0.6 is 0 Å². The van der Waals surface area contributed by atoms with E-state index in [2.05, 4.69) is 80.3 Å². The first-order chi connectivity index (χ1) is 19.0. The minimum absolute atomic E-state index is 0.0437. The van der Waals surface area contributed by atoms with Gasteiger partial charge in [0.2, 0.25) is 0 Å². The van der Waals surface area contributed by atoms with Crippen molar-refractivity contribution in [2.75, 3.05) is 19.6 Å². The van der Waals surface area contributed by atoms with E-state index >= 15 is 0 Å². The number of carboxylic acid groups (broad SMARTS) is 3. The highest BCUT2D eigenvalue weighted by molar-refractivity contribution is 5.89. The smallest absolute Gasteiger partial charge is 0.328 e. The molecule has 1 aliphatic rings. The standard InChI is InChI=1S/C28H39NO3.C4H4O4/c1-28(2,3)24-15-13-23(14-16-24)27(22-10-6-4-7-11-22)32-25-17-20-29(21-18-25)19-9-5-8-12-26(30)31;5-3(6)1-2-4(7)8/h4,6-7,10-11,13-16,25,27H,5,8-9,12,17-21H2,1-3H3,(H,30,31);1-2H,(H,5,6)(H,7,8)/b;2-1+. The number of benzene rings is 2. The van der Waals surface area contributed by atoms with E-state index in [0.717, 1.165) is 51.7 Å². The Balaban J connectivity index is 0.000000611. The van der Waals surface area contributed by atoms with Crippen LogP contribution in [0.2, 0.25) is 0 Å². The summed E-state index contributed by atoms with van der Waals surface area (Å²) < 4.78 is 6.71. The van der Waals surface area contributed by atoms with Crippen molar-refractivity contribution in [3.8, 4) is 0 Å². The zero-order valence-corrected chi connectivity index (χ0v) is 23.8. The first-order valence-electron chi connectivity index (χ1n) is 13.8. The molecule has 218 valence electrons. The fourth-order valence-corrected chi connectivity index (χ4v) is 4.53. The number of hydrogen-bond acceptors (Lipinski definition) is 5. The summed E-state index contributed by atoms with van der Waals surface area (Å²) in [6.07, 6.45) is 6.54. The van der Waals surface area contributed by atoms with Gasteiger partial charge in [0.05, 0.1) is 6.10 Å². The van der Waals surface area contributed by atoms with Crippen LogP contribution in [-0.2, 0) is 24.5 Å². The van der Waals surface area contributed by atoms with Crippen molar-refractivity contribution in [1.29, 1.82) is 0 Å². The SMILES string of the molecule is CC(C)(C)c1ccc(C(OC2CCN(CCCCCC(=O)O)CC2)c2ccccc2)cc1.O=C(O)/C=C/C(=O)O. The second-order valence-corrected chi connectivity index (χ2v) is 11.1. The number of nitrogens with zero attached hydrogens (tertiary/aromatic N) is 1. The van der Waals surface area contributed by atoms with Gasteiger partial charge in [-0.25, -0.2) is 9.59 Å². The highest BCUT2D eigenvalue weighted by Gasteiger charge is 2.25. The van der Waals surface area contributed by atoms with Gasteiger partial charge in [-0.15, -0.1) is 0 Å². The van der Waals surface area contributed by atoms with Gasteiger partial charge in [0.15, 0.2) is 0 Å². The van der Waals surface area contributed by atoms with Crippen molar-refractivity contribution in [1.82, 2.24) is 4.90 Å². The molecule has 0 spiro atoms. The Bertz CT molecular complexity index is 1070. The van der Waals surface area contributed by atoms with E-state index in [1.165, 1.54) is 16.7 Å². The van der Waals surface area contributed by atoms with Gasteiger partial charge in [0, 0.05) is 31.7 Å². The molecule has 0 saturated carbocycles. The number of rotatable bonds is 12. The predicted molar refractivity (Wildman–Crippen MR) is 154 cm³/mol. The third kappa shape index (κ3) is 12.6. The number of piperidine rings is 1. The molecule has 0 aromatic heterocycles. The molecule has 0 aliphatic carbocycles. The maximum absolute atomic E-state index is 10.6. The Morgan fingerprint density at radius 3 is 1.90 bits per heavy atom. The zero-order valence-electron chi connectivity index (χ0n) is 23.8. The highest BCUT2D eigenvalue weighted by atomic mass is 16.5. The average Bonchev–Trinajstić information content (AvgIpc) is 2.91. The molecular formula is C32H43NO7. The van der Waals surface area contributed by atoms with Gasteiger partial charge >= 0.3 is 17.9 Å². The van der Waals surface area contributed by atoms with E-state index < -0.39 is 17.9 Å². The number of hydrogen-bond donors (Lipinski definition) is 3. The summed E-state index contributed by atoms with van der Waals surface area (Å²) in [6, 6.07) is 19.5. The molecule has 1 atom stereocenters. The minimum atomic E-state index is -1.26. The van der Waals surface area contributed by atoms with Gasteiger partial charge in [0.25, 0.3) is 0 Å². The van der Waals surface area contributed by atoms with Crippen molar-refractivity contribution in [2.45, 2.75) is 76.9 Å². The third-order valence-electron chi connectivity index (χ3n) is 6.78. The molecule has 0 bridgehead atoms. The van der Waals surface area contributed by atoms with Gasteiger partial charge in [-0.2, -0.15) is 0 Å². The van der Waals surface area contributed by atoms with Crippen molar-refractivity contribution >= 4 is 17.9 Å². The Labute approximate surface area is 237 Å². The summed E-state index contributed by atoms with van der Waals surface area (Å²) >= 11 is 0. The molecule has 1 heterocycles. The van der Waals surface area contributed by atoms with E-state index in [-0.39, 0.29) is 24.0 Å². The topological polar surface area (TPSA) is 124 Å². The molecule has 1 aliphatic heterocycles. The fourth-order valence-electron chi connectivity index (χ4n) is 4.53. The van der Waals surface area contributed by atoms with Crippen LogP contribution in [0, 0.1) is 0 Å². The zero-order chi connectivity index (χ0) is 29.5. The van der Waals surface area contributed by atoms with Crippen molar-refractivity contribution in [3.63, 3.8) is 0 Å². The summed E-state index contributed by atoms with van der Waals surface area (Å²) in [5.41, 5.74) is 3.90. The fraction of sp³-hybridized carbons (Fsp3) is 0.469. The number of carboxylic acids is 3. The molecular weight excluding hydrogens is 510 g/mol. The molecule has 0 radical (unpaired) electrons. The lowest BCUT2D eigenvalue weighted by Gasteiger charge is -2.34. The van der Waals surface area contributed by atoms with Crippen LogP contribution in [0.4, 0.5) is 0 Å². The number of unbranched alkanes of at least 4 members (excludes halogenated alkanes) is 2. The van der Waals surface area contributed by atoms with Gasteiger partial charge in [-0.3, -0.25) is 4.79 Å². The first kappa shape index (κ1) is 32.7. The Kier molecular flexibility index (Phi) is 13.6. The molecule has 8 nitrogen and oxygen atoms in total. The molecule has 8 heteroatoms. The van der Waals surface area contributed by atoms with Crippen LogP contribution in [0.3, 0.4) is 0 Å². The molecule has 1 unspecified atom stereocenters. The van der Waals surface area contributed by atoms with E-state index in [0.29, 0.717) is 12.2 Å². The summed E-state index contributed by atoms with van der Waals surface area (Å²) in [5, 5.41) is 24.4. The van der Waals surface area contributed by atoms with E-state index in [4.69, 9.17) is 20.1 Å². The predicted octanol–water partition coefficient (Wildman–Crippen LogP) is 5.91. The lowest BCUT2D eigenvalue weighted by Crippen LogP contribution is -2.38. The monoisotopic (exact) mass is 553 g/mol. The second-order valence-electron chi connectivity index (χ2n) is 11.1. The molecule has 40 heavy (non-hydrogen) atoms. The molecule has 3 N–H and O–H groups in total. The minimum Gasteiger partial charge on any atom is -0.481 e. The van der Waals surface area contributed by atoms with Crippen LogP contribution in [0.5, 0.6) is 0 Å². The van der Waals surface area contributed by atoms with Crippen LogP contribution in [0.15, 0.2) is 66.7 Å². The van der Waals surface area contributed by atoms with E-state index in [9.17, 15) is 14.4 Å². The van der Waals surface area contributed by atoms with Gasteiger partial charge in [-0.05, 0) is 54.3 Å². The molecule has 2 aromatic carbocycles. The van der Waals surface area contributed by atoms with Crippen LogP contribution in [0.1, 0.15) is 82.1 Å². The maximum Gasteiger partial charge on any atom is 0.328 e. The van der Waals surface area contributed by atoms with Gasteiger partial charge in [0.1, 0.15) is 6.10 Å². The molecule has 1 fully saturated rings. The molecule has 3 rings (SSSR count). The Morgan fingerprint density at radius 2 is 1.40 bits per heavy atom. The van der Waals surface area contributed by atoms with Crippen molar-refractivity contribution in [2.24, 2.45) is 0 Å². The number of aliphatic carboxylic acids is 3. The van der Waals surface area contributed by atoms with E-state index in [1.807, 2.05) is 0 Å². The van der Waals surface area contributed by atoms with Crippen molar-refractivity contribution in [3.05, 3.63) is 83.4 Å². The first-order valence-corrected chi connectivity index (χ1v) is 13.8. The lowest BCUT2D eigenvalue weighted by molar-refractivity contribution is -0.137. The third-order valence-corrected chi connectivity index (χ3v) is 6.78. The summed E-state index contributed by atoms with van der Waals surface area (Å²) in [4.78, 5) is 32.2. The second kappa shape index (κ2) is 16.6. The van der Waals surface area contributed by atoms with Crippen LogP contribution < -0.4 is 0 Å². The number of likely N-dealkylation sites (tertiary alicyclic amines) is 1. The maximum atomic E-state index is 10.6. The Hall–Kier alpha value is -3.49. The van der Waals surface area contributed by atoms with E-state index in [1.54, 1.807) is 0 Å². The van der Waals surface area contributed by atoms with Crippen LogP contribution in [0.25, 0.3) is 0 Å². The van der Waals surface area contributed by atoms with Crippen molar-refractivity contribution < 1.29 is 34.4 Å². The number of ether oxygens (including phenoxy) is 1. The largest absolute Gasteiger partial charge is 0.481 e. The highest BCUT2D eigenvalue weighted by Crippen LogP contribution is 2.32.